The van der Waals surface area contributed by atoms with E-state index in [4.69, 9.17) is 0 Å². The number of anilines is 3. The summed E-state index contributed by atoms with van der Waals surface area (Å²) in [6.07, 6.45) is 0. The first-order chi connectivity index (χ1) is 26.7. The van der Waals surface area contributed by atoms with Crippen LogP contribution >= 0.6 is 11.3 Å². The average molecular weight is 706 g/mol. The Morgan fingerprint density at radius 3 is 1.70 bits per heavy atom. The molecule has 0 aliphatic carbocycles. The predicted octanol–water partition coefficient (Wildman–Crippen LogP) is 15.3. The molecule has 0 spiro atoms. The lowest BCUT2D eigenvalue weighted by Crippen LogP contribution is -2.11. The van der Waals surface area contributed by atoms with Gasteiger partial charge in [-0.1, -0.05) is 164 Å². The van der Waals surface area contributed by atoms with Crippen LogP contribution in [0.3, 0.4) is 0 Å². The number of para-hydroxylation sites is 1. The van der Waals surface area contributed by atoms with Gasteiger partial charge in [0.05, 0.1) is 5.69 Å². The van der Waals surface area contributed by atoms with E-state index in [-0.39, 0.29) is 0 Å². The molecular weight excluding hydrogens is 671 g/mol. The topological polar surface area (TPSA) is 3.24 Å². The number of nitrogens with zero attached hydrogens (tertiary/aromatic N) is 1. The Morgan fingerprint density at radius 1 is 0.296 bits per heavy atom. The van der Waals surface area contributed by atoms with Gasteiger partial charge in [-0.05, 0) is 98.2 Å². The molecule has 0 unspecified atom stereocenters. The molecule has 0 aliphatic heterocycles. The van der Waals surface area contributed by atoms with Crippen LogP contribution in [0.5, 0.6) is 0 Å². The first-order valence-corrected chi connectivity index (χ1v) is 19.2. The van der Waals surface area contributed by atoms with E-state index in [1.165, 1.54) is 75.5 Å². The van der Waals surface area contributed by atoms with Crippen LogP contribution in [-0.4, -0.2) is 0 Å². The van der Waals surface area contributed by atoms with E-state index in [1.807, 2.05) is 11.3 Å². The summed E-state index contributed by atoms with van der Waals surface area (Å²) in [4.78, 5) is 2.41. The van der Waals surface area contributed by atoms with E-state index in [0.717, 1.165) is 17.1 Å². The molecule has 0 radical (unpaired) electrons. The van der Waals surface area contributed by atoms with E-state index >= 15 is 0 Å². The second-order valence-corrected chi connectivity index (χ2v) is 14.8. The van der Waals surface area contributed by atoms with Gasteiger partial charge in [-0.3, -0.25) is 0 Å². The monoisotopic (exact) mass is 705 g/mol. The van der Waals surface area contributed by atoms with Gasteiger partial charge in [-0.2, -0.15) is 0 Å². The third-order valence-electron chi connectivity index (χ3n) is 10.5. The van der Waals surface area contributed by atoms with Crippen LogP contribution in [0.2, 0.25) is 0 Å². The van der Waals surface area contributed by atoms with Gasteiger partial charge in [-0.15, -0.1) is 11.3 Å². The zero-order valence-electron chi connectivity index (χ0n) is 29.6. The van der Waals surface area contributed by atoms with Crippen molar-refractivity contribution in [2.75, 3.05) is 4.90 Å². The molecule has 54 heavy (non-hydrogen) atoms. The number of hydrogen-bond donors (Lipinski definition) is 0. The van der Waals surface area contributed by atoms with Crippen LogP contribution in [0.1, 0.15) is 0 Å². The lowest BCUT2D eigenvalue weighted by Gasteiger charge is -2.28. The molecule has 0 atom stereocenters. The Morgan fingerprint density at radius 2 is 0.870 bits per heavy atom. The Balaban J connectivity index is 1.07. The highest BCUT2D eigenvalue weighted by atomic mass is 32.1. The number of fused-ring (bicyclic) bond motifs is 4. The van der Waals surface area contributed by atoms with Gasteiger partial charge in [0.2, 0.25) is 0 Å². The fourth-order valence-electron chi connectivity index (χ4n) is 7.72. The molecule has 0 saturated carbocycles. The molecule has 0 bridgehead atoms. The minimum atomic E-state index is 1.11. The van der Waals surface area contributed by atoms with Crippen molar-refractivity contribution < 1.29 is 0 Å². The van der Waals surface area contributed by atoms with Crippen molar-refractivity contribution >= 4 is 59.3 Å². The maximum Gasteiger partial charge on any atom is 0.0540 e. The first-order valence-electron chi connectivity index (χ1n) is 18.4. The number of benzene rings is 9. The lowest BCUT2D eigenvalue weighted by atomic mass is 9.97. The minimum absolute atomic E-state index is 1.11. The van der Waals surface area contributed by atoms with Gasteiger partial charge in [-0.25, -0.2) is 0 Å². The third-order valence-corrected chi connectivity index (χ3v) is 11.6. The second kappa shape index (κ2) is 13.7. The van der Waals surface area contributed by atoms with E-state index in [9.17, 15) is 0 Å². The molecule has 0 saturated heterocycles. The van der Waals surface area contributed by atoms with Crippen molar-refractivity contribution in [3.8, 4) is 44.5 Å². The molecule has 1 nitrogen and oxygen atoms in total. The summed E-state index contributed by atoms with van der Waals surface area (Å²) in [5.74, 6) is 0. The van der Waals surface area contributed by atoms with Crippen LogP contribution in [-0.2, 0) is 0 Å². The number of hydrogen-bond acceptors (Lipinski definition) is 2. The summed E-state index contributed by atoms with van der Waals surface area (Å²) in [5.41, 5.74) is 12.9. The van der Waals surface area contributed by atoms with Gasteiger partial charge in [0, 0.05) is 37.1 Å². The average Bonchev–Trinajstić information content (AvgIpc) is 3.63. The summed E-state index contributed by atoms with van der Waals surface area (Å²) in [6.45, 7) is 0. The lowest BCUT2D eigenvalue weighted by molar-refractivity contribution is 1.28. The highest BCUT2D eigenvalue weighted by Crippen LogP contribution is 2.44. The largest absolute Gasteiger partial charge is 0.310 e. The van der Waals surface area contributed by atoms with Crippen molar-refractivity contribution in [2.24, 2.45) is 0 Å². The van der Waals surface area contributed by atoms with Crippen molar-refractivity contribution in [2.45, 2.75) is 0 Å². The summed E-state index contributed by atoms with van der Waals surface area (Å²) >= 11 is 1.86. The van der Waals surface area contributed by atoms with Gasteiger partial charge in [0.15, 0.2) is 0 Å². The molecule has 0 N–H and O–H groups in total. The van der Waals surface area contributed by atoms with Crippen molar-refractivity contribution in [3.05, 3.63) is 212 Å². The van der Waals surface area contributed by atoms with Crippen molar-refractivity contribution in [1.29, 1.82) is 0 Å². The van der Waals surface area contributed by atoms with Crippen LogP contribution in [0.4, 0.5) is 17.1 Å². The molecule has 254 valence electrons. The fourth-order valence-corrected chi connectivity index (χ4v) is 8.86. The fraction of sp³-hybridized carbons (Fsp3) is 0. The van der Waals surface area contributed by atoms with Crippen LogP contribution in [0.25, 0.3) is 75.5 Å². The number of thiophene rings is 1. The Hall–Kier alpha value is -6.74. The van der Waals surface area contributed by atoms with Crippen LogP contribution < -0.4 is 4.90 Å². The molecule has 0 amide bonds. The van der Waals surface area contributed by atoms with Crippen molar-refractivity contribution in [3.63, 3.8) is 0 Å². The normalized spacial score (nSPS) is 11.3. The molecular formula is C52H35NS. The van der Waals surface area contributed by atoms with E-state index in [2.05, 4.69) is 217 Å². The number of rotatable bonds is 7. The molecule has 10 aromatic rings. The highest BCUT2D eigenvalue weighted by Gasteiger charge is 2.19. The molecule has 0 fully saturated rings. The molecule has 2 heteroatoms. The van der Waals surface area contributed by atoms with Crippen LogP contribution in [0, 0.1) is 0 Å². The zero-order valence-corrected chi connectivity index (χ0v) is 30.4. The SMILES string of the molecule is c1ccc(-c2ccc(N(c3cccc(-c4ccc(-c5ccc6ccccc6c5)cc4)c3)c3ccccc3-c3ccc4c(c3)sc3ccccc34)cc2)cc1. The predicted molar refractivity (Wildman–Crippen MR) is 233 cm³/mol. The summed E-state index contributed by atoms with van der Waals surface area (Å²) in [5, 5.41) is 5.15. The molecule has 1 heterocycles. The van der Waals surface area contributed by atoms with Gasteiger partial charge in [0.25, 0.3) is 0 Å². The second-order valence-electron chi connectivity index (χ2n) is 13.8. The molecule has 9 aromatic carbocycles. The zero-order chi connectivity index (χ0) is 35.8. The summed E-state index contributed by atoms with van der Waals surface area (Å²) in [6, 6.07) is 77.2. The third kappa shape index (κ3) is 5.93. The van der Waals surface area contributed by atoms with E-state index < -0.39 is 0 Å². The summed E-state index contributed by atoms with van der Waals surface area (Å²) < 4.78 is 2.62. The highest BCUT2D eigenvalue weighted by molar-refractivity contribution is 7.25. The Kier molecular flexibility index (Phi) is 8.09. The maximum absolute atomic E-state index is 2.41. The van der Waals surface area contributed by atoms with Crippen molar-refractivity contribution in [1.82, 2.24) is 0 Å². The Labute approximate surface area is 319 Å². The smallest absolute Gasteiger partial charge is 0.0540 e. The van der Waals surface area contributed by atoms with E-state index in [1.54, 1.807) is 0 Å². The minimum Gasteiger partial charge on any atom is -0.310 e. The molecule has 10 rings (SSSR count). The first kappa shape index (κ1) is 32.0. The van der Waals surface area contributed by atoms with E-state index in [0.29, 0.717) is 0 Å². The van der Waals surface area contributed by atoms with Gasteiger partial charge < -0.3 is 4.90 Å². The Bertz CT molecular complexity index is 2920. The van der Waals surface area contributed by atoms with Gasteiger partial charge in [0.1, 0.15) is 0 Å². The van der Waals surface area contributed by atoms with Crippen LogP contribution in [0.15, 0.2) is 212 Å². The molecule has 1 aromatic heterocycles. The quantitative estimate of drug-likeness (QED) is 0.160. The molecule has 0 aliphatic rings. The standard InChI is InChI=1S/C52H35NS/c1-2-11-36(12-3-1)38-27-30-45(31-28-38)53(50-19-8-6-17-47(50)44-29-32-49-48-18-7-9-20-51(48)54-52(49)35-44)46-16-10-15-42(34-46)39-21-23-40(24-22-39)43-26-25-37-13-4-5-14-41(37)33-43/h1-35H. The maximum atomic E-state index is 2.41. The van der Waals surface area contributed by atoms with Gasteiger partial charge >= 0.3 is 0 Å². The summed E-state index contributed by atoms with van der Waals surface area (Å²) in [7, 11) is 0.